The van der Waals surface area contributed by atoms with Crippen molar-refractivity contribution in [2.24, 2.45) is 0 Å². The van der Waals surface area contributed by atoms with Crippen LogP contribution in [0.3, 0.4) is 0 Å². The molecule has 0 amide bonds. The van der Waals surface area contributed by atoms with Crippen molar-refractivity contribution < 1.29 is 4.74 Å². The van der Waals surface area contributed by atoms with Crippen LogP contribution in [0.2, 0.25) is 15.1 Å². The number of benzene rings is 2. The van der Waals surface area contributed by atoms with Crippen molar-refractivity contribution in [2.75, 3.05) is 12.8 Å². The molecule has 0 unspecified atom stereocenters. The number of hydrogen-bond acceptors (Lipinski definition) is 3. The molecular weight excluding hydrogens is 333 g/mol. The van der Waals surface area contributed by atoms with Gasteiger partial charge in [-0.1, -0.05) is 34.8 Å². The molecule has 21 heavy (non-hydrogen) atoms. The van der Waals surface area contributed by atoms with Gasteiger partial charge in [0, 0.05) is 0 Å². The van der Waals surface area contributed by atoms with Crippen molar-refractivity contribution in [2.45, 2.75) is 0 Å². The van der Waals surface area contributed by atoms with Crippen LogP contribution >= 0.6 is 34.8 Å². The van der Waals surface area contributed by atoms with Crippen LogP contribution in [0, 0.1) is 0 Å². The molecule has 0 aliphatic carbocycles. The van der Waals surface area contributed by atoms with Crippen LogP contribution in [0.1, 0.15) is 0 Å². The zero-order chi connectivity index (χ0) is 15.1. The van der Waals surface area contributed by atoms with Gasteiger partial charge in [-0.3, -0.25) is 4.57 Å². The second-order valence-electron chi connectivity index (χ2n) is 4.38. The van der Waals surface area contributed by atoms with E-state index in [2.05, 4.69) is 4.98 Å². The molecule has 3 rings (SSSR count). The van der Waals surface area contributed by atoms with E-state index in [9.17, 15) is 0 Å². The molecule has 0 fully saturated rings. The first-order valence-corrected chi connectivity index (χ1v) is 7.11. The third-order valence-corrected chi connectivity index (χ3v) is 4.13. The van der Waals surface area contributed by atoms with Crippen LogP contribution in [-0.4, -0.2) is 16.7 Å². The molecule has 0 atom stereocenters. The van der Waals surface area contributed by atoms with E-state index < -0.39 is 0 Å². The Balaban J connectivity index is 2.27. The number of hydrogen-bond donors (Lipinski definition) is 1. The van der Waals surface area contributed by atoms with Crippen LogP contribution in [0.5, 0.6) is 5.75 Å². The second kappa shape index (κ2) is 5.30. The Hall–Kier alpha value is -1.62. The molecule has 4 nitrogen and oxygen atoms in total. The number of fused-ring (bicyclic) bond motifs is 1. The molecule has 1 heterocycles. The van der Waals surface area contributed by atoms with Gasteiger partial charge in [-0.05, 0) is 30.3 Å². The maximum absolute atomic E-state index is 6.16. The topological polar surface area (TPSA) is 53.1 Å². The lowest BCUT2D eigenvalue weighted by molar-refractivity contribution is 0.415. The number of imidazole rings is 1. The molecule has 3 aromatic rings. The highest BCUT2D eigenvalue weighted by molar-refractivity contribution is 6.42. The molecule has 0 spiro atoms. The van der Waals surface area contributed by atoms with Gasteiger partial charge in [-0.2, -0.15) is 0 Å². The van der Waals surface area contributed by atoms with Gasteiger partial charge in [0.1, 0.15) is 5.75 Å². The molecule has 1 aromatic heterocycles. The highest BCUT2D eigenvalue weighted by atomic mass is 35.5. The molecule has 0 bridgehead atoms. The molecule has 108 valence electrons. The van der Waals surface area contributed by atoms with E-state index in [1.807, 2.05) is 6.07 Å². The van der Waals surface area contributed by atoms with E-state index in [0.29, 0.717) is 32.3 Å². The Bertz CT molecular complexity index is 845. The largest absolute Gasteiger partial charge is 0.495 e. The van der Waals surface area contributed by atoms with Gasteiger partial charge in [0.05, 0.1) is 38.9 Å². The van der Waals surface area contributed by atoms with Gasteiger partial charge < -0.3 is 10.5 Å². The first kappa shape index (κ1) is 14.3. The normalized spacial score (nSPS) is 11.0. The van der Waals surface area contributed by atoms with Crippen LogP contribution < -0.4 is 10.5 Å². The average Bonchev–Trinajstić information content (AvgIpc) is 2.74. The fraction of sp³-hybridized carbons (Fsp3) is 0.0714. The standard InChI is InChI=1S/C14H10Cl3N3O/c1-21-13-3-2-7(4-10(13)17)20-12-6-9(16)8(15)5-11(12)19-14(20)18/h2-6H,1H3,(H2,18,19). The Morgan fingerprint density at radius 1 is 1.05 bits per heavy atom. The lowest BCUT2D eigenvalue weighted by Crippen LogP contribution is -2.00. The smallest absolute Gasteiger partial charge is 0.205 e. The average molecular weight is 343 g/mol. The molecule has 0 saturated carbocycles. The lowest BCUT2D eigenvalue weighted by atomic mass is 10.2. The molecule has 7 heteroatoms. The minimum absolute atomic E-state index is 0.324. The highest BCUT2D eigenvalue weighted by Crippen LogP contribution is 2.33. The summed E-state index contributed by atoms with van der Waals surface area (Å²) in [6.07, 6.45) is 0. The number of methoxy groups -OCH3 is 1. The maximum atomic E-state index is 6.16. The van der Waals surface area contributed by atoms with Crippen LogP contribution in [0.4, 0.5) is 5.95 Å². The Morgan fingerprint density at radius 2 is 1.76 bits per heavy atom. The lowest BCUT2D eigenvalue weighted by Gasteiger charge is -2.09. The van der Waals surface area contributed by atoms with Crippen molar-refractivity contribution in [3.63, 3.8) is 0 Å². The minimum atomic E-state index is 0.324. The monoisotopic (exact) mass is 341 g/mol. The fourth-order valence-electron chi connectivity index (χ4n) is 2.16. The van der Waals surface area contributed by atoms with Crippen LogP contribution in [0.15, 0.2) is 30.3 Å². The first-order valence-electron chi connectivity index (χ1n) is 5.98. The van der Waals surface area contributed by atoms with E-state index in [1.165, 1.54) is 0 Å². The van der Waals surface area contributed by atoms with Gasteiger partial charge in [-0.15, -0.1) is 0 Å². The van der Waals surface area contributed by atoms with Crippen molar-refractivity contribution in [1.82, 2.24) is 9.55 Å². The number of nitrogens with zero attached hydrogens (tertiary/aromatic N) is 2. The predicted molar refractivity (Wildman–Crippen MR) is 87.1 cm³/mol. The number of aromatic nitrogens is 2. The summed E-state index contributed by atoms with van der Waals surface area (Å²) < 4.78 is 6.90. The van der Waals surface area contributed by atoms with E-state index in [4.69, 9.17) is 45.3 Å². The number of rotatable bonds is 2. The molecule has 0 aliphatic rings. The predicted octanol–water partition coefficient (Wildman–Crippen LogP) is 4.58. The maximum Gasteiger partial charge on any atom is 0.205 e. The summed E-state index contributed by atoms with van der Waals surface area (Å²) in [5.74, 6) is 0.911. The second-order valence-corrected chi connectivity index (χ2v) is 5.60. The summed E-state index contributed by atoms with van der Waals surface area (Å²) in [6, 6.07) is 8.75. The van der Waals surface area contributed by atoms with E-state index in [0.717, 1.165) is 11.2 Å². The summed E-state index contributed by atoms with van der Waals surface area (Å²) in [7, 11) is 1.56. The van der Waals surface area contributed by atoms with E-state index in [-0.39, 0.29) is 0 Å². The minimum Gasteiger partial charge on any atom is -0.495 e. The molecule has 0 radical (unpaired) electrons. The number of ether oxygens (including phenoxy) is 1. The summed E-state index contributed by atoms with van der Waals surface area (Å²) in [5.41, 5.74) is 8.17. The third-order valence-electron chi connectivity index (χ3n) is 3.12. The van der Waals surface area contributed by atoms with Crippen molar-refractivity contribution in [3.05, 3.63) is 45.4 Å². The number of halogens is 3. The number of anilines is 1. The van der Waals surface area contributed by atoms with Crippen molar-refractivity contribution in [3.8, 4) is 11.4 Å². The van der Waals surface area contributed by atoms with E-state index in [1.54, 1.807) is 35.9 Å². The zero-order valence-electron chi connectivity index (χ0n) is 10.9. The summed E-state index contributed by atoms with van der Waals surface area (Å²) in [6.45, 7) is 0. The molecule has 2 aromatic carbocycles. The Labute approximate surface area is 136 Å². The van der Waals surface area contributed by atoms with E-state index >= 15 is 0 Å². The first-order chi connectivity index (χ1) is 10.0. The van der Waals surface area contributed by atoms with Gasteiger partial charge in [0.25, 0.3) is 0 Å². The Kier molecular flexibility index (Phi) is 3.61. The van der Waals surface area contributed by atoms with Gasteiger partial charge in [-0.25, -0.2) is 4.98 Å². The highest BCUT2D eigenvalue weighted by Gasteiger charge is 2.13. The molecule has 0 saturated heterocycles. The molecule has 0 aliphatic heterocycles. The summed E-state index contributed by atoms with van der Waals surface area (Å²) in [4.78, 5) is 4.29. The number of nitrogens with two attached hydrogens (primary N) is 1. The zero-order valence-corrected chi connectivity index (χ0v) is 13.2. The quantitative estimate of drug-likeness (QED) is 0.742. The fourth-order valence-corrected chi connectivity index (χ4v) is 2.72. The summed E-state index contributed by atoms with van der Waals surface area (Å²) >= 11 is 18.2. The molecule has 2 N–H and O–H groups in total. The van der Waals surface area contributed by atoms with Gasteiger partial charge in [0.2, 0.25) is 5.95 Å². The summed E-state index contributed by atoms with van der Waals surface area (Å²) in [5, 5.41) is 1.35. The van der Waals surface area contributed by atoms with Crippen molar-refractivity contribution >= 4 is 51.8 Å². The van der Waals surface area contributed by atoms with Gasteiger partial charge >= 0.3 is 0 Å². The number of nitrogen functional groups attached to an aromatic ring is 1. The van der Waals surface area contributed by atoms with Crippen molar-refractivity contribution in [1.29, 1.82) is 0 Å². The van der Waals surface area contributed by atoms with Gasteiger partial charge in [0.15, 0.2) is 0 Å². The molecular formula is C14H10Cl3N3O. The third kappa shape index (κ3) is 2.39. The van der Waals surface area contributed by atoms with Crippen LogP contribution in [0.25, 0.3) is 16.7 Å². The SMILES string of the molecule is COc1ccc(-n2c(N)nc3cc(Cl)c(Cl)cc32)cc1Cl. The van der Waals surface area contributed by atoms with Crippen LogP contribution in [-0.2, 0) is 0 Å². The Morgan fingerprint density at radius 3 is 2.43 bits per heavy atom.